The highest BCUT2D eigenvalue weighted by Gasteiger charge is 2.42. The minimum atomic E-state index is -1.11. The van der Waals surface area contributed by atoms with Gasteiger partial charge in [0.15, 0.2) is 0 Å². The van der Waals surface area contributed by atoms with E-state index >= 15 is 0 Å². The Hall–Kier alpha value is -3.68. The van der Waals surface area contributed by atoms with Crippen molar-refractivity contribution in [1.82, 2.24) is 9.88 Å². The molecule has 0 aliphatic carbocycles. The number of non-ortho nitro benzene ring substituents is 1. The monoisotopic (exact) mass is 379 g/mol. The zero-order valence-corrected chi connectivity index (χ0v) is 15.0. The van der Waals surface area contributed by atoms with Gasteiger partial charge in [-0.25, -0.2) is 4.79 Å². The Bertz CT molecular complexity index is 1120. The van der Waals surface area contributed by atoms with Gasteiger partial charge in [0.05, 0.1) is 11.0 Å². The van der Waals surface area contributed by atoms with Gasteiger partial charge in [-0.1, -0.05) is 30.3 Å². The number of fused-ring (bicyclic) bond motifs is 3. The summed E-state index contributed by atoms with van der Waals surface area (Å²) in [6, 6.07) is 11.7. The standard InChI is InChI=1S/C20H17N3O5/c1-11(24)22-17(20(25)26)10-15-14-7-2-3-8-16(14)21-18(15)19(22)12-5-4-6-13(9-12)23(27)28/h2-9,17,19,21H,10H2,1H3,(H,25,26). The molecule has 8 heteroatoms. The van der Waals surface area contributed by atoms with Crippen molar-refractivity contribution in [3.05, 3.63) is 75.5 Å². The number of carboxylic acid groups (broad SMARTS) is 1. The summed E-state index contributed by atoms with van der Waals surface area (Å²) in [6.45, 7) is 1.31. The van der Waals surface area contributed by atoms with Gasteiger partial charge in [0.25, 0.3) is 5.69 Å². The molecule has 28 heavy (non-hydrogen) atoms. The predicted molar refractivity (Wildman–Crippen MR) is 101 cm³/mol. The number of benzene rings is 2. The van der Waals surface area contributed by atoms with Crippen molar-refractivity contribution in [2.24, 2.45) is 0 Å². The van der Waals surface area contributed by atoms with Crippen molar-refractivity contribution in [3.8, 4) is 0 Å². The highest BCUT2D eigenvalue weighted by Crippen LogP contribution is 2.41. The molecule has 2 unspecified atom stereocenters. The molecule has 1 aliphatic rings. The van der Waals surface area contributed by atoms with Crippen molar-refractivity contribution < 1.29 is 19.6 Å². The molecule has 0 saturated carbocycles. The number of aliphatic carboxylic acids is 1. The fourth-order valence-electron chi connectivity index (χ4n) is 4.03. The number of carbonyl (C=O) groups excluding carboxylic acids is 1. The first-order valence-electron chi connectivity index (χ1n) is 8.74. The van der Waals surface area contributed by atoms with Gasteiger partial charge in [-0.3, -0.25) is 14.9 Å². The first kappa shape index (κ1) is 17.7. The molecule has 2 aromatic carbocycles. The molecule has 142 valence electrons. The van der Waals surface area contributed by atoms with Crippen molar-refractivity contribution in [3.63, 3.8) is 0 Å². The van der Waals surface area contributed by atoms with Crippen LogP contribution in [0.25, 0.3) is 10.9 Å². The molecular formula is C20H17N3O5. The van der Waals surface area contributed by atoms with Crippen LogP contribution in [0, 0.1) is 10.1 Å². The Balaban J connectivity index is 2.00. The van der Waals surface area contributed by atoms with E-state index in [0.717, 1.165) is 16.5 Å². The van der Waals surface area contributed by atoms with Crippen molar-refractivity contribution in [2.75, 3.05) is 0 Å². The smallest absolute Gasteiger partial charge is 0.326 e. The molecule has 1 aromatic heterocycles. The molecular weight excluding hydrogens is 362 g/mol. The molecule has 2 N–H and O–H groups in total. The van der Waals surface area contributed by atoms with Crippen LogP contribution in [-0.2, 0) is 16.0 Å². The van der Waals surface area contributed by atoms with Gasteiger partial charge in [0, 0.05) is 42.1 Å². The number of para-hydroxylation sites is 1. The number of hydrogen-bond acceptors (Lipinski definition) is 4. The van der Waals surface area contributed by atoms with Crippen LogP contribution < -0.4 is 0 Å². The largest absolute Gasteiger partial charge is 0.480 e. The Morgan fingerprint density at radius 2 is 1.96 bits per heavy atom. The van der Waals surface area contributed by atoms with E-state index in [1.54, 1.807) is 12.1 Å². The van der Waals surface area contributed by atoms with Gasteiger partial charge in [0.2, 0.25) is 5.91 Å². The number of nitrogens with zero attached hydrogens (tertiary/aromatic N) is 2. The topological polar surface area (TPSA) is 117 Å². The van der Waals surface area contributed by atoms with Crippen molar-refractivity contribution in [2.45, 2.75) is 25.4 Å². The highest BCUT2D eigenvalue weighted by molar-refractivity contribution is 5.90. The molecule has 0 spiro atoms. The van der Waals surface area contributed by atoms with Crippen LogP contribution in [-0.4, -0.2) is 37.8 Å². The summed E-state index contributed by atoms with van der Waals surface area (Å²) in [7, 11) is 0. The zero-order valence-electron chi connectivity index (χ0n) is 15.0. The maximum atomic E-state index is 12.5. The van der Waals surface area contributed by atoms with Crippen LogP contribution in [0.1, 0.15) is 29.8 Å². The van der Waals surface area contributed by atoms with E-state index in [9.17, 15) is 24.8 Å². The van der Waals surface area contributed by atoms with Gasteiger partial charge in [0.1, 0.15) is 6.04 Å². The van der Waals surface area contributed by atoms with Crippen LogP contribution in [0.4, 0.5) is 5.69 Å². The normalized spacial score (nSPS) is 18.7. The van der Waals surface area contributed by atoms with Crippen LogP contribution in [0.3, 0.4) is 0 Å². The molecule has 8 nitrogen and oxygen atoms in total. The number of aromatic amines is 1. The lowest BCUT2D eigenvalue weighted by molar-refractivity contribution is -0.384. The SMILES string of the molecule is CC(=O)N1C(C(=O)O)Cc2c([nH]c3ccccc23)C1c1cccc([N+](=O)[O-])c1. The third-order valence-electron chi connectivity index (χ3n) is 5.18. The summed E-state index contributed by atoms with van der Waals surface area (Å²) in [6.07, 6.45) is 0.166. The number of nitro groups is 1. The quantitative estimate of drug-likeness (QED) is 0.536. The first-order valence-corrected chi connectivity index (χ1v) is 8.74. The minimum Gasteiger partial charge on any atom is -0.480 e. The lowest BCUT2D eigenvalue weighted by Gasteiger charge is -2.39. The molecule has 2 heterocycles. The van der Waals surface area contributed by atoms with Crippen molar-refractivity contribution >= 4 is 28.5 Å². The number of nitrogens with one attached hydrogen (secondary N) is 1. The number of carbonyl (C=O) groups is 2. The number of amides is 1. The average molecular weight is 379 g/mol. The number of nitro benzene ring substituents is 1. The van der Waals surface area contributed by atoms with Gasteiger partial charge in [-0.2, -0.15) is 0 Å². The number of rotatable bonds is 3. The van der Waals surface area contributed by atoms with Crippen LogP contribution in [0.15, 0.2) is 48.5 Å². The van der Waals surface area contributed by atoms with E-state index in [2.05, 4.69) is 4.98 Å². The maximum absolute atomic E-state index is 12.5. The van der Waals surface area contributed by atoms with Gasteiger partial charge < -0.3 is 15.0 Å². The predicted octanol–water partition coefficient (Wildman–Crippen LogP) is 3.02. The highest BCUT2D eigenvalue weighted by atomic mass is 16.6. The molecule has 0 radical (unpaired) electrons. The van der Waals surface area contributed by atoms with Gasteiger partial charge >= 0.3 is 5.97 Å². The summed E-state index contributed by atoms with van der Waals surface area (Å²) >= 11 is 0. The Labute approximate surface area is 159 Å². The summed E-state index contributed by atoms with van der Waals surface area (Å²) in [5.41, 5.74) is 2.71. The Morgan fingerprint density at radius 1 is 1.21 bits per heavy atom. The maximum Gasteiger partial charge on any atom is 0.326 e. The van der Waals surface area contributed by atoms with E-state index in [0.29, 0.717) is 11.3 Å². The molecule has 1 amide bonds. The third-order valence-corrected chi connectivity index (χ3v) is 5.18. The van der Waals surface area contributed by atoms with Gasteiger partial charge in [-0.15, -0.1) is 0 Å². The first-order chi connectivity index (χ1) is 13.4. The second kappa shape index (κ2) is 6.49. The van der Waals surface area contributed by atoms with Crippen LogP contribution in [0.5, 0.6) is 0 Å². The minimum absolute atomic E-state index is 0.115. The molecule has 0 saturated heterocycles. The molecule has 0 bridgehead atoms. The summed E-state index contributed by atoms with van der Waals surface area (Å²) < 4.78 is 0. The van der Waals surface area contributed by atoms with E-state index in [4.69, 9.17) is 0 Å². The lowest BCUT2D eigenvalue weighted by atomic mass is 9.88. The van der Waals surface area contributed by atoms with Gasteiger partial charge in [-0.05, 0) is 17.2 Å². The fourth-order valence-corrected chi connectivity index (χ4v) is 4.03. The molecule has 3 aromatic rings. The third kappa shape index (κ3) is 2.70. The molecule has 2 atom stereocenters. The molecule has 1 aliphatic heterocycles. The van der Waals surface area contributed by atoms with Crippen LogP contribution >= 0.6 is 0 Å². The Kier molecular flexibility index (Phi) is 4.11. The summed E-state index contributed by atoms with van der Waals surface area (Å²) in [5, 5.41) is 21.9. The second-order valence-electron chi connectivity index (χ2n) is 6.80. The summed E-state index contributed by atoms with van der Waals surface area (Å²) in [4.78, 5) is 39.7. The average Bonchev–Trinajstić information content (AvgIpc) is 3.04. The number of carboxylic acids is 1. The van der Waals surface area contributed by atoms with Crippen LogP contribution in [0.2, 0.25) is 0 Å². The number of aromatic nitrogens is 1. The van der Waals surface area contributed by atoms with E-state index in [1.165, 1.54) is 24.0 Å². The van der Waals surface area contributed by atoms with E-state index in [-0.39, 0.29) is 12.1 Å². The summed E-state index contributed by atoms with van der Waals surface area (Å²) in [5.74, 6) is -1.52. The fraction of sp³-hybridized carbons (Fsp3) is 0.200. The number of H-pyrrole nitrogens is 1. The number of hydrogen-bond donors (Lipinski definition) is 2. The van der Waals surface area contributed by atoms with E-state index < -0.39 is 28.9 Å². The van der Waals surface area contributed by atoms with E-state index in [1.807, 2.05) is 24.3 Å². The second-order valence-corrected chi connectivity index (χ2v) is 6.80. The lowest BCUT2D eigenvalue weighted by Crippen LogP contribution is -2.50. The zero-order chi connectivity index (χ0) is 20.0. The molecule has 4 rings (SSSR count). The Morgan fingerprint density at radius 3 is 2.64 bits per heavy atom. The molecule has 0 fully saturated rings. The van der Waals surface area contributed by atoms with Crippen molar-refractivity contribution in [1.29, 1.82) is 0 Å².